The Kier molecular flexibility index (Phi) is 4.68. The standard InChI is InChI=1S/C17H13N3O4S/c1-23-12-2-4-14-16(9-12)19-7-6-17(14)24-13-3-5-15(20-25(21)22)11(8-13)10-18/h2-9,25H,1H3,(H,20,21,22). The first-order chi connectivity index (χ1) is 12.1. The summed E-state index contributed by atoms with van der Waals surface area (Å²) >= 11 is 0. The van der Waals surface area contributed by atoms with Gasteiger partial charge in [-0.1, -0.05) is 0 Å². The minimum atomic E-state index is -2.85. The highest BCUT2D eigenvalue weighted by atomic mass is 32.2. The minimum absolute atomic E-state index is 0.164. The van der Waals surface area contributed by atoms with Gasteiger partial charge in [-0.05, 0) is 30.3 Å². The van der Waals surface area contributed by atoms with Gasteiger partial charge in [-0.2, -0.15) is 5.26 Å². The molecular weight excluding hydrogens is 342 g/mol. The third-order valence-corrected chi connectivity index (χ3v) is 3.88. The number of hydrogen-bond acceptors (Lipinski definition) is 6. The van der Waals surface area contributed by atoms with Gasteiger partial charge in [0.15, 0.2) is 0 Å². The van der Waals surface area contributed by atoms with Crippen LogP contribution < -0.4 is 14.2 Å². The number of nitrogens with zero attached hydrogens (tertiary/aromatic N) is 2. The monoisotopic (exact) mass is 355 g/mol. The van der Waals surface area contributed by atoms with Crippen molar-refractivity contribution in [2.75, 3.05) is 11.8 Å². The Hall–Kier alpha value is -3.31. The summed E-state index contributed by atoms with van der Waals surface area (Å²) in [4.78, 5) is 4.28. The zero-order chi connectivity index (χ0) is 17.8. The second kappa shape index (κ2) is 7.07. The number of nitriles is 1. The van der Waals surface area contributed by atoms with Gasteiger partial charge in [-0.3, -0.25) is 9.71 Å². The van der Waals surface area contributed by atoms with Crippen molar-refractivity contribution in [1.29, 1.82) is 5.26 Å². The number of pyridine rings is 1. The maximum Gasteiger partial charge on any atom is 0.222 e. The number of aromatic nitrogens is 1. The van der Waals surface area contributed by atoms with Crippen LogP contribution in [0.1, 0.15) is 5.56 Å². The van der Waals surface area contributed by atoms with E-state index >= 15 is 0 Å². The predicted octanol–water partition coefficient (Wildman–Crippen LogP) is 2.85. The van der Waals surface area contributed by atoms with Crippen LogP contribution in [-0.2, 0) is 10.9 Å². The van der Waals surface area contributed by atoms with Crippen LogP contribution >= 0.6 is 0 Å². The molecule has 0 fully saturated rings. The SMILES string of the molecule is COc1ccc2c(Oc3ccc(N[SH](=O)=O)c(C#N)c3)ccnc2c1. The van der Waals surface area contributed by atoms with E-state index in [-0.39, 0.29) is 11.3 Å². The van der Waals surface area contributed by atoms with E-state index in [0.29, 0.717) is 22.8 Å². The van der Waals surface area contributed by atoms with Crippen LogP contribution in [0.2, 0.25) is 0 Å². The molecule has 0 amide bonds. The number of fused-ring (bicyclic) bond motifs is 1. The van der Waals surface area contributed by atoms with E-state index in [4.69, 9.17) is 9.47 Å². The van der Waals surface area contributed by atoms with E-state index in [0.717, 1.165) is 5.39 Å². The topological polar surface area (TPSA) is 101 Å². The van der Waals surface area contributed by atoms with Crippen LogP contribution in [0.3, 0.4) is 0 Å². The fourth-order valence-corrected chi connectivity index (χ4v) is 2.71. The van der Waals surface area contributed by atoms with Crippen molar-refractivity contribution in [2.24, 2.45) is 0 Å². The Labute approximate surface area is 145 Å². The molecule has 0 aliphatic carbocycles. The fraction of sp³-hybridized carbons (Fsp3) is 0.0588. The number of thiol groups is 1. The van der Waals surface area contributed by atoms with Gasteiger partial charge in [0.1, 0.15) is 23.3 Å². The van der Waals surface area contributed by atoms with Crippen molar-refractivity contribution in [3.8, 4) is 23.3 Å². The summed E-state index contributed by atoms with van der Waals surface area (Å²) in [6.45, 7) is 0. The molecule has 0 spiro atoms. The van der Waals surface area contributed by atoms with Gasteiger partial charge < -0.3 is 9.47 Å². The summed E-state index contributed by atoms with van der Waals surface area (Å²) in [7, 11) is -1.27. The molecule has 7 nitrogen and oxygen atoms in total. The number of ether oxygens (including phenoxy) is 2. The van der Waals surface area contributed by atoms with Gasteiger partial charge in [-0.25, -0.2) is 8.42 Å². The lowest BCUT2D eigenvalue weighted by molar-refractivity contribution is 0.415. The zero-order valence-electron chi connectivity index (χ0n) is 13.1. The zero-order valence-corrected chi connectivity index (χ0v) is 14.0. The van der Waals surface area contributed by atoms with Crippen LogP contribution in [0, 0.1) is 11.3 Å². The number of rotatable bonds is 5. The van der Waals surface area contributed by atoms with E-state index < -0.39 is 10.9 Å². The number of anilines is 1. The third kappa shape index (κ3) is 3.62. The van der Waals surface area contributed by atoms with E-state index in [1.165, 1.54) is 12.1 Å². The second-order valence-corrected chi connectivity index (χ2v) is 5.72. The van der Waals surface area contributed by atoms with Crippen LogP contribution in [0.25, 0.3) is 10.9 Å². The molecule has 0 unspecified atom stereocenters. The highest BCUT2D eigenvalue weighted by molar-refractivity contribution is 7.73. The number of benzene rings is 2. The molecule has 0 saturated heterocycles. The van der Waals surface area contributed by atoms with Crippen molar-refractivity contribution in [1.82, 2.24) is 4.98 Å². The molecule has 2 aromatic carbocycles. The van der Waals surface area contributed by atoms with Crippen molar-refractivity contribution in [3.63, 3.8) is 0 Å². The van der Waals surface area contributed by atoms with E-state index in [2.05, 4.69) is 9.71 Å². The molecule has 8 heteroatoms. The molecule has 0 atom stereocenters. The van der Waals surface area contributed by atoms with Gasteiger partial charge in [0.25, 0.3) is 0 Å². The highest BCUT2D eigenvalue weighted by Gasteiger charge is 2.09. The smallest absolute Gasteiger partial charge is 0.222 e. The molecule has 1 heterocycles. The largest absolute Gasteiger partial charge is 0.497 e. The normalized spacial score (nSPS) is 10.4. The quantitative estimate of drug-likeness (QED) is 0.683. The van der Waals surface area contributed by atoms with Crippen LogP contribution in [0.15, 0.2) is 48.7 Å². The number of nitrogens with one attached hydrogen (secondary N) is 1. The molecule has 1 N–H and O–H groups in total. The Morgan fingerprint density at radius 3 is 2.64 bits per heavy atom. The Balaban J connectivity index is 1.97. The molecule has 0 aliphatic rings. The Morgan fingerprint density at radius 2 is 1.92 bits per heavy atom. The van der Waals surface area contributed by atoms with E-state index in [1.807, 2.05) is 12.1 Å². The van der Waals surface area contributed by atoms with Gasteiger partial charge in [0.05, 0.1) is 23.9 Å². The summed E-state index contributed by atoms with van der Waals surface area (Å²) in [5.74, 6) is 1.66. The van der Waals surface area contributed by atoms with Gasteiger partial charge >= 0.3 is 0 Å². The lowest BCUT2D eigenvalue weighted by Gasteiger charge is -2.11. The lowest BCUT2D eigenvalue weighted by atomic mass is 10.2. The van der Waals surface area contributed by atoms with Gasteiger partial charge in [0, 0.05) is 23.7 Å². The predicted molar refractivity (Wildman–Crippen MR) is 93.5 cm³/mol. The molecule has 0 radical (unpaired) electrons. The lowest BCUT2D eigenvalue weighted by Crippen LogP contribution is -1.98. The maximum atomic E-state index is 10.8. The van der Waals surface area contributed by atoms with E-state index in [1.54, 1.807) is 37.6 Å². The maximum absolute atomic E-state index is 10.8. The van der Waals surface area contributed by atoms with Crippen molar-refractivity contribution < 1.29 is 17.9 Å². The summed E-state index contributed by atoms with van der Waals surface area (Å²) in [5, 5.41) is 9.97. The number of hydrogen-bond donors (Lipinski definition) is 2. The third-order valence-electron chi connectivity index (χ3n) is 3.46. The summed E-state index contributed by atoms with van der Waals surface area (Å²) in [5.41, 5.74) is 1.08. The summed E-state index contributed by atoms with van der Waals surface area (Å²) in [6, 6.07) is 13.6. The van der Waals surface area contributed by atoms with Crippen LogP contribution in [0.5, 0.6) is 17.2 Å². The second-order valence-electron chi connectivity index (χ2n) is 4.98. The molecule has 126 valence electrons. The fourth-order valence-electron chi connectivity index (χ4n) is 2.32. The van der Waals surface area contributed by atoms with Crippen molar-refractivity contribution in [2.45, 2.75) is 0 Å². The minimum Gasteiger partial charge on any atom is -0.497 e. The first-order valence-electron chi connectivity index (χ1n) is 7.16. The summed E-state index contributed by atoms with van der Waals surface area (Å²) in [6.07, 6.45) is 1.61. The highest BCUT2D eigenvalue weighted by Crippen LogP contribution is 2.32. The molecule has 3 rings (SSSR count). The van der Waals surface area contributed by atoms with E-state index in [9.17, 15) is 13.7 Å². The van der Waals surface area contributed by atoms with Crippen molar-refractivity contribution >= 4 is 27.5 Å². The first-order valence-corrected chi connectivity index (χ1v) is 8.34. The van der Waals surface area contributed by atoms with Crippen LogP contribution in [-0.4, -0.2) is 20.5 Å². The Morgan fingerprint density at radius 1 is 1.12 bits per heavy atom. The van der Waals surface area contributed by atoms with Gasteiger partial charge in [-0.15, -0.1) is 0 Å². The summed E-state index contributed by atoms with van der Waals surface area (Å²) < 4.78 is 34.8. The molecule has 0 saturated carbocycles. The van der Waals surface area contributed by atoms with Gasteiger partial charge in [0.2, 0.25) is 10.9 Å². The molecule has 3 aromatic rings. The van der Waals surface area contributed by atoms with Crippen LogP contribution in [0.4, 0.5) is 5.69 Å². The Bertz CT molecular complexity index is 1050. The first kappa shape index (κ1) is 16.5. The molecular formula is C17H13N3O4S. The van der Waals surface area contributed by atoms with Crippen molar-refractivity contribution in [3.05, 3.63) is 54.2 Å². The average Bonchev–Trinajstić information content (AvgIpc) is 2.62. The average molecular weight is 355 g/mol. The molecule has 0 aliphatic heterocycles. The number of methoxy groups -OCH3 is 1. The molecule has 25 heavy (non-hydrogen) atoms. The molecule has 0 bridgehead atoms. The molecule has 1 aromatic heterocycles.